The average molecular weight is 241 g/mol. The molecule has 0 aromatic carbocycles. The molecule has 3 nitrogen and oxygen atoms in total. The fourth-order valence-electron chi connectivity index (χ4n) is 0.974. The zero-order chi connectivity index (χ0) is 9.97. The molecule has 2 aromatic heterocycles. The maximum atomic E-state index is 5.34. The van der Waals surface area contributed by atoms with Crippen LogP contribution in [0.4, 0.5) is 5.13 Å². The van der Waals surface area contributed by atoms with Crippen LogP contribution < -0.4 is 11.1 Å². The van der Waals surface area contributed by atoms with Gasteiger partial charge in [0.15, 0.2) is 10.2 Å². The van der Waals surface area contributed by atoms with Crippen molar-refractivity contribution in [1.82, 2.24) is 4.98 Å². The summed E-state index contributed by atoms with van der Waals surface area (Å²) in [5.74, 6) is 0. The Morgan fingerprint density at radius 1 is 1.50 bits per heavy atom. The van der Waals surface area contributed by atoms with Gasteiger partial charge in [-0.15, -0.1) is 22.7 Å². The topological polar surface area (TPSA) is 50.9 Å². The Morgan fingerprint density at radius 2 is 2.36 bits per heavy atom. The van der Waals surface area contributed by atoms with E-state index in [1.165, 1.54) is 11.3 Å². The molecule has 2 rings (SSSR count). The molecular formula is C8H7N3S3. The number of hydrogen-bond donors (Lipinski definition) is 2. The van der Waals surface area contributed by atoms with Gasteiger partial charge in [-0.3, -0.25) is 0 Å². The minimum Gasteiger partial charge on any atom is -0.376 e. The number of rotatable bonds is 2. The molecule has 0 atom stereocenters. The summed E-state index contributed by atoms with van der Waals surface area (Å²) in [4.78, 5) is 5.49. The molecule has 0 amide bonds. The molecule has 14 heavy (non-hydrogen) atoms. The first-order chi connectivity index (χ1) is 6.75. The first kappa shape index (κ1) is 9.57. The van der Waals surface area contributed by atoms with Crippen LogP contribution in [0.25, 0.3) is 10.6 Å². The first-order valence-corrected chi connectivity index (χ1v) is 5.98. The molecule has 0 radical (unpaired) electrons. The molecule has 0 saturated heterocycles. The zero-order valence-corrected chi connectivity index (χ0v) is 9.51. The molecule has 0 spiro atoms. The molecule has 2 heterocycles. The van der Waals surface area contributed by atoms with Gasteiger partial charge < -0.3 is 11.1 Å². The van der Waals surface area contributed by atoms with E-state index >= 15 is 0 Å². The van der Waals surface area contributed by atoms with E-state index in [2.05, 4.69) is 10.3 Å². The number of thiophene rings is 1. The molecule has 0 aliphatic rings. The Hall–Kier alpha value is -0.980. The van der Waals surface area contributed by atoms with Gasteiger partial charge in [-0.2, -0.15) is 0 Å². The lowest BCUT2D eigenvalue weighted by atomic mass is 10.4. The van der Waals surface area contributed by atoms with Crippen LogP contribution in [0.3, 0.4) is 0 Å². The lowest BCUT2D eigenvalue weighted by molar-refractivity contribution is 1.41. The third-order valence-corrected chi connectivity index (χ3v) is 3.26. The summed E-state index contributed by atoms with van der Waals surface area (Å²) in [6.07, 6.45) is 0. The van der Waals surface area contributed by atoms with Crippen molar-refractivity contribution < 1.29 is 0 Å². The Bertz CT molecular complexity index is 432. The number of anilines is 1. The number of nitrogens with zero attached hydrogens (tertiary/aromatic N) is 1. The summed E-state index contributed by atoms with van der Waals surface area (Å²) in [7, 11) is 0. The van der Waals surface area contributed by atoms with Gasteiger partial charge in [0.05, 0.1) is 10.6 Å². The third-order valence-electron chi connectivity index (χ3n) is 1.51. The monoisotopic (exact) mass is 241 g/mol. The molecular weight excluding hydrogens is 234 g/mol. The van der Waals surface area contributed by atoms with Crippen LogP contribution in [-0.2, 0) is 0 Å². The van der Waals surface area contributed by atoms with Crippen molar-refractivity contribution in [3.8, 4) is 10.6 Å². The molecule has 6 heteroatoms. The number of thiocarbonyl (C=S) groups is 1. The predicted molar refractivity (Wildman–Crippen MR) is 65.8 cm³/mol. The van der Waals surface area contributed by atoms with Crippen molar-refractivity contribution in [2.75, 3.05) is 5.32 Å². The molecule has 0 unspecified atom stereocenters. The van der Waals surface area contributed by atoms with Crippen molar-refractivity contribution in [1.29, 1.82) is 0 Å². The van der Waals surface area contributed by atoms with Crippen LogP contribution in [0.1, 0.15) is 0 Å². The van der Waals surface area contributed by atoms with E-state index in [1.54, 1.807) is 11.3 Å². The van der Waals surface area contributed by atoms with Crippen LogP contribution in [0.15, 0.2) is 22.9 Å². The van der Waals surface area contributed by atoms with Gasteiger partial charge in [0.2, 0.25) is 0 Å². The van der Waals surface area contributed by atoms with Crippen LogP contribution >= 0.6 is 34.9 Å². The van der Waals surface area contributed by atoms with E-state index in [1.807, 2.05) is 22.9 Å². The molecule has 0 bridgehead atoms. The molecule has 2 aromatic rings. The molecule has 0 aliphatic carbocycles. The van der Waals surface area contributed by atoms with Gasteiger partial charge in [0.25, 0.3) is 0 Å². The van der Waals surface area contributed by atoms with Crippen LogP contribution in [0.2, 0.25) is 0 Å². The van der Waals surface area contributed by atoms with Crippen LogP contribution in [-0.4, -0.2) is 10.1 Å². The SMILES string of the molecule is NC(=S)Nc1nc(-c2cccs2)cs1. The maximum absolute atomic E-state index is 5.34. The third kappa shape index (κ3) is 2.09. The second-order valence-electron chi connectivity index (χ2n) is 2.50. The van der Waals surface area contributed by atoms with E-state index < -0.39 is 0 Å². The number of hydrogen-bond acceptors (Lipinski definition) is 4. The van der Waals surface area contributed by atoms with Gasteiger partial charge in [-0.1, -0.05) is 6.07 Å². The van der Waals surface area contributed by atoms with Crippen LogP contribution in [0.5, 0.6) is 0 Å². The summed E-state index contributed by atoms with van der Waals surface area (Å²) in [5, 5.41) is 7.79. The Kier molecular flexibility index (Phi) is 2.76. The van der Waals surface area contributed by atoms with E-state index in [-0.39, 0.29) is 5.11 Å². The highest BCUT2D eigenvalue weighted by molar-refractivity contribution is 7.80. The van der Waals surface area contributed by atoms with E-state index in [9.17, 15) is 0 Å². The van der Waals surface area contributed by atoms with Crippen molar-refractivity contribution in [3.05, 3.63) is 22.9 Å². The van der Waals surface area contributed by atoms with Gasteiger partial charge in [-0.25, -0.2) is 4.98 Å². The first-order valence-electron chi connectivity index (χ1n) is 3.81. The fraction of sp³-hybridized carbons (Fsp3) is 0. The van der Waals surface area contributed by atoms with E-state index in [0.29, 0.717) is 0 Å². The summed E-state index contributed by atoms with van der Waals surface area (Å²) >= 11 is 7.88. The number of thiazole rings is 1. The predicted octanol–water partition coefficient (Wildman–Crippen LogP) is 2.53. The highest BCUT2D eigenvalue weighted by atomic mass is 32.1. The van der Waals surface area contributed by atoms with Gasteiger partial charge in [0, 0.05) is 5.38 Å². The fourth-order valence-corrected chi connectivity index (χ4v) is 2.62. The zero-order valence-electron chi connectivity index (χ0n) is 7.06. The van der Waals surface area contributed by atoms with Gasteiger partial charge in [0.1, 0.15) is 0 Å². The normalized spacial score (nSPS) is 10.0. The summed E-state index contributed by atoms with van der Waals surface area (Å²) in [5.41, 5.74) is 6.30. The highest BCUT2D eigenvalue weighted by Crippen LogP contribution is 2.27. The Labute approximate surface area is 94.6 Å². The molecule has 0 fully saturated rings. The highest BCUT2D eigenvalue weighted by Gasteiger charge is 2.04. The summed E-state index contributed by atoms with van der Waals surface area (Å²) in [6, 6.07) is 4.03. The molecule has 0 aliphatic heterocycles. The van der Waals surface area contributed by atoms with Gasteiger partial charge in [-0.05, 0) is 23.7 Å². The quantitative estimate of drug-likeness (QED) is 0.793. The van der Waals surface area contributed by atoms with Gasteiger partial charge >= 0.3 is 0 Å². The number of aromatic nitrogens is 1. The van der Waals surface area contributed by atoms with E-state index in [0.717, 1.165) is 15.7 Å². The van der Waals surface area contributed by atoms with Crippen molar-refractivity contribution in [2.45, 2.75) is 0 Å². The molecule has 3 N–H and O–H groups in total. The van der Waals surface area contributed by atoms with Crippen molar-refractivity contribution >= 4 is 45.1 Å². The minimum absolute atomic E-state index is 0.247. The summed E-state index contributed by atoms with van der Waals surface area (Å²) in [6.45, 7) is 0. The smallest absolute Gasteiger partial charge is 0.189 e. The Balaban J connectivity index is 2.22. The van der Waals surface area contributed by atoms with Crippen LogP contribution in [0, 0.1) is 0 Å². The standard InChI is InChI=1S/C8H7N3S3/c9-7(12)11-8-10-5(4-14-8)6-2-1-3-13-6/h1-4H,(H3,9,10,11,12). The van der Waals surface area contributed by atoms with Crippen molar-refractivity contribution in [2.24, 2.45) is 5.73 Å². The second kappa shape index (κ2) is 4.04. The average Bonchev–Trinajstić information content (AvgIpc) is 2.69. The summed E-state index contributed by atoms with van der Waals surface area (Å²) < 4.78 is 0. The second-order valence-corrected chi connectivity index (χ2v) is 4.75. The number of nitrogens with two attached hydrogens (primary N) is 1. The Morgan fingerprint density at radius 3 is 3.00 bits per heavy atom. The molecule has 72 valence electrons. The molecule has 0 saturated carbocycles. The maximum Gasteiger partial charge on any atom is 0.189 e. The largest absolute Gasteiger partial charge is 0.376 e. The lowest BCUT2D eigenvalue weighted by Gasteiger charge is -1.95. The van der Waals surface area contributed by atoms with E-state index in [4.69, 9.17) is 18.0 Å². The number of nitrogens with one attached hydrogen (secondary N) is 1. The van der Waals surface area contributed by atoms with Crippen molar-refractivity contribution in [3.63, 3.8) is 0 Å². The minimum atomic E-state index is 0.247. The lowest BCUT2D eigenvalue weighted by Crippen LogP contribution is -2.18.